The lowest BCUT2D eigenvalue weighted by atomic mass is 10.0. The second kappa shape index (κ2) is 6.14. The van der Waals surface area contributed by atoms with Crippen LogP contribution in [-0.2, 0) is 22.1 Å². The van der Waals surface area contributed by atoms with Gasteiger partial charge in [0, 0.05) is 23.9 Å². The zero-order chi connectivity index (χ0) is 17.3. The predicted octanol–water partition coefficient (Wildman–Crippen LogP) is 3.67. The van der Waals surface area contributed by atoms with Crippen molar-refractivity contribution in [2.24, 2.45) is 0 Å². The molecule has 24 heavy (non-hydrogen) atoms. The molecule has 3 rings (SSSR count). The highest BCUT2D eigenvalue weighted by atomic mass is 19.4. The van der Waals surface area contributed by atoms with E-state index < -0.39 is 17.8 Å². The Bertz CT molecular complexity index is 757. The van der Waals surface area contributed by atoms with Crippen LogP contribution >= 0.6 is 0 Å². The highest BCUT2D eigenvalue weighted by Gasteiger charge is 2.31. The largest absolute Gasteiger partial charge is 0.464 e. The molecule has 0 spiro atoms. The fourth-order valence-electron chi connectivity index (χ4n) is 2.64. The summed E-state index contributed by atoms with van der Waals surface area (Å²) in [5.74, 6) is -0.317. The van der Waals surface area contributed by atoms with Crippen LogP contribution in [0.4, 0.5) is 18.9 Å². The first kappa shape index (κ1) is 16.3. The normalized spacial score (nSPS) is 16.4. The van der Waals surface area contributed by atoms with E-state index >= 15 is 0 Å². The average Bonchev–Trinajstić information content (AvgIpc) is 2.97. The second-order valence-electron chi connectivity index (χ2n) is 5.45. The lowest BCUT2D eigenvalue weighted by molar-refractivity contribution is -0.143. The van der Waals surface area contributed by atoms with Crippen LogP contribution in [0.15, 0.2) is 36.5 Å². The Hall–Kier alpha value is -2.57. The quantitative estimate of drug-likeness (QED) is 0.869. The number of nitrogens with zero attached hydrogens (tertiary/aromatic N) is 1. The summed E-state index contributed by atoms with van der Waals surface area (Å²) in [6.07, 6.45) is -3.11. The highest BCUT2D eigenvalue weighted by molar-refractivity contribution is 5.83. The molecule has 1 aliphatic heterocycles. The SMILES string of the molecule is CCOC(=O)C1Cc2cc(-c3ccc(C(F)(F)F)cn3)ccc2N1. The fraction of sp³-hybridized carbons (Fsp3) is 0.294. The molecule has 1 N–H and O–H groups in total. The summed E-state index contributed by atoms with van der Waals surface area (Å²) in [6, 6.07) is 7.30. The first-order chi connectivity index (χ1) is 11.4. The molecule has 1 aromatic heterocycles. The molecule has 0 saturated heterocycles. The van der Waals surface area contributed by atoms with Crippen molar-refractivity contribution in [3.8, 4) is 11.3 Å². The van der Waals surface area contributed by atoms with Gasteiger partial charge in [-0.3, -0.25) is 4.98 Å². The lowest BCUT2D eigenvalue weighted by Gasteiger charge is -2.09. The number of ether oxygens (including phenoxy) is 1. The second-order valence-corrected chi connectivity index (χ2v) is 5.45. The summed E-state index contributed by atoms with van der Waals surface area (Å²) in [6.45, 7) is 2.06. The maximum Gasteiger partial charge on any atom is 0.417 e. The smallest absolute Gasteiger partial charge is 0.417 e. The molecule has 0 radical (unpaired) electrons. The summed E-state index contributed by atoms with van der Waals surface area (Å²) in [5.41, 5.74) is 2.10. The first-order valence-corrected chi connectivity index (χ1v) is 7.48. The van der Waals surface area contributed by atoms with Gasteiger partial charge in [-0.05, 0) is 36.8 Å². The number of carbonyl (C=O) groups is 1. The molecule has 1 aromatic carbocycles. The van der Waals surface area contributed by atoms with Crippen molar-refractivity contribution in [2.75, 3.05) is 11.9 Å². The van der Waals surface area contributed by atoms with E-state index in [0.29, 0.717) is 24.3 Å². The molecule has 0 fully saturated rings. The Morgan fingerprint density at radius 1 is 1.33 bits per heavy atom. The number of anilines is 1. The van der Waals surface area contributed by atoms with E-state index in [2.05, 4.69) is 10.3 Å². The number of halogens is 3. The van der Waals surface area contributed by atoms with Crippen LogP contribution in [0.3, 0.4) is 0 Å². The third-order valence-electron chi connectivity index (χ3n) is 3.82. The molecule has 2 aromatic rings. The van der Waals surface area contributed by atoms with Gasteiger partial charge in [0.15, 0.2) is 0 Å². The lowest BCUT2D eigenvalue weighted by Crippen LogP contribution is -2.28. The summed E-state index contributed by atoms with van der Waals surface area (Å²) >= 11 is 0. The topological polar surface area (TPSA) is 51.2 Å². The van der Waals surface area contributed by atoms with E-state index in [9.17, 15) is 18.0 Å². The molecule has 1 atom stereocenters. The zero-order valence-corrected chi connectivity index (χ0v) is 12.9. The predicted molar refractivity (Wildman–Crippen MR) is 82.4 cm³/mol. The maximum atomic E-state index is 12.6. The minimum Gasteiger partial charge on any atom is -0.464 e. The van der Waals surface area contributed by atoms with Gasteiger partial charge >= 0.3 is 12.1 Å². The third kappa shape index (κ3) is 3.20. The van der Waals surface area contributed by atoms with Crippen molar-refractivity contribution < 1.29 is 22.7 Å². The molecule has 4 nitrogen and oxygen atoms in total. The number of aromatic nitrogens is 1. The van der Waals surface area contributed by atoms with Crippen LogP contribution < -0.4 is 5.32 Å². The highest BCUT2D eigenvalue weighted by Crippen LogP contribution is 2.32. The van der Waals surface area contributed by atoms with Gasteiger partial charge in [0.05, 0.1) is 17.9 Å². The van der Waals surface area contributed by atoms with Gasteiger partial charge in [0.1, 0.15) is 6.04 Å². The van der Waals surface area contributed by atoms with Gasteiger partial charge in [0.2, 0.25) is 0 Å². The van der Waals surface area contributed by atoms with Crippen LogP contribution in [0.1, 0.15) is 18.1 Å². The monoisotopic (exact) mass is 336 g/mol. The van der Waals surface area contributed by atoms with Gasteiger partial charge in [-0.2, -0.15) is 13.2 Å². The molecular weight excluding hydrogens is 321 g/mol. The van der Waals surface area contributed by atoms with E-state index in [1.54, 1.807) is 19.1 Å². The standard InChI is InChI=1S/C17H15F3N2O2/c1-2-24-16(23)15-8-11-7-10(3-5-14(11)22-15)13-6-4-12(9-21-13)17(18,19)20/h3-7,9,15,22H,2,8H2,1H3. The molecule has 0 saturated carbocycles. The van der Waals surface area contributed by atoms with E-state index in [0.717, 1.165) is 23.5 Å². The minimum atomic E-state index is -4.40. The van der Waals surface area contributed by atoms with Crippen molar-refractivity contribution >= 4 is 11.7 Å². The third-order valence-corrected chi connectivity index (χ3v) is 3.82. The van der Waals surface area contributed by atoms with Gasteiger partial charge in [-0.1, -0.05) is 6.07 Å². The minimum absolute atomic E-state index is 0.314. The molecule has 7 heteroatoms. The average molecular weight is 336 g/mol. The fourth-order valence-corrected chi connectivity index (χ4v) is 2.64. The summed E-state index contributed by atoms with van der Waals surface area (Å²) in [4.78, 5) is 15.7. The molecule has 0 amide bonds. The Labute approximate surface area is 136 Å². The molecule has 126 valence electrons. The number of hydrogen-bond acceptors (Lipinski definition) is 4. The number of alkyl halides is 3. The van der Waals surface area contributed by atoms with Crippen molar-refractivity contribution in [3.63, 3.8) is 0 Å². The number of hydrogen-bond donors (Lipinski definition) is 1. The van der Waals surface area contributed by atoms with E-state index in [1.807, 2.05) is 6.07 Å². The Morgan fingerprint density at radius 3 is 2.75 bits per heavy atom. The van der Waals surface area contributed by atoms with Crippen LogP contribution in [0.25, 0.3) is 11.3 Å². The molecule has 1 aliphatic rings. The zero-order valence-electron chi connectivity index (χ0n) is 12.9. The first-order valence-electron chi connectivity index (χ1n) is 7.48. The number of fused-ring (bicyclic) bond motifs is 1. The van der Waals surface area contributed by atoms with Gasteiger partial charge in [-0.15, -0.1) is 0 Å². The van der Waals surface area contributed by atoms with Gasteiger partial charge in [0.25, 0.3) is 0 Å². The van der Waals surface area contributed by atoms with Crippen LogP contribution in [0.5, 0.6) is 0 Å². The van der Waals surface area contributed by atoms with Crippen LogP contribution in [0, 0.1) is 0 Å². The summed E-state index contributed by atoms with van der Waals surface area (Å²) in [7, 11) is 0. The van der Waals surface area contributed by atoms with E-state index in [1.165, 1.54) is 6.07 Å². The molecule has 0 aliphatic carbocycles. The Balaban J connectivity index is 1.81. The van der Waals surface area contributed by atoms with Gasteiger partial charge < -0.3 is 10.1 Å². The van der Waals surface area contributed by atoms with E-state index in [-0.39, 0.29) is 5.97 Å². The van der Waals surface area contributed by atoms with Crippen molar-refractivity contribution in [1.82, 2.24) is 4.98 Å². The number of pyridine rings is 1. The maximum absolute atomic E-state index is 12.6. The molecule has 1 unspecified atom stereocenters. The van der Waals surface area contributed by atoms with Crippen LogP contribution in [-0.4, -0.2) is 23.6 Å². The van der Waals surface area contributed by atoms with Gasteiger partial charge in [-0.25, -0.2) is 4.79 Å². The summed E-state index contributed by atoms with van der Waals surface area (Å²) in [5, 5.41) is 3.08. The van der Waals surface area contributed by atoms with Crippen LogP contribution in [0.2, 0.25) is 0 Å². The number of nitrogens with one attached hydrogen (secondary N) is 1. The van der Waals surface area contributed by atoms with Crippen molar-refractivity contribution in [1.29, 1.82) is 0 Å². The van der Waals surface area contributed by atoms with Crippen molar-refractivity contribution in [2.45, 2.75) is 25.6 Å². The molecule has 0 bridgehead atoms. The molecular formula is C17H15F3N2O2. The number of esters is 1. The molecule has 2 heterocycles. The van der Waals surface area contributed by atoms with E-state index in [4.69, 9.17) is 4.74 Å². The Kier molecular flexibility index (Phi) is 4.17. The number of rotatable bonds is 3. The summed E-state index contributed by atoms with van der Waals surface area (Å²) < 4.78 is 42.8. The number of carbonyl (C=O) groups excluding carboxylic acids is 1. The Morgan fingerprint density at radius 2 is 2.12 bits per heavy atom. The number of benzene rings is 1. The van der Waals surface area contributed by atoms with Crippen molar-refractivity contribution in [3.05, 3.63) is 47.7 Å².